The number of hydrogen-bond acceptors (Lipinski definition) is 5. The van der Waals surface area contributed by atoms with Gasteiger partial charge in [0.15, 0.2) is 0 Å². The Balaban J connectivity index is 2.03. The average Bonchev–Trinajstić information content (AvgIpc) is 2.83. The first-order valence-electron chi connectivity index (χ1n) is 6.01. The third kappa shape index (κ3) is 2.37. The van der Waals surface area contributed by atoms with E-state index in [9.17, 15) is 0 Å². The van der Waals surface area contributed by atoms with Crippen molar-refractivity contribution in [2.45, 2.75) is 6.92 Å². The van der Waals surface area contributed by atoms with Crippen molar-refractivity contribution >= 4 is 27.4 Å². The van der Waals surface area contributed by atoms with E-state index in [0.29, 0.717) is 12.4 Å². The van der Waals surface area contributed by atoms with Gasteiger partial charge in [0, 0.05) is 11.8 Å². The Morgan fingerprint density at radius 3 is 2.89 bits per heavy atom. The summed E-state index contributed by atoms with van der Waals surface area (Å²) >= 11 is 1.62. The molecule has 0 atom stereocenters. The minimum Gasteiger partial charge on any atom is -0.494 e. The number of nitrogens with two attached hydrogens (primary N) is 1. The van der Waals surface area contributed by atoms with Crippen LogP contribution in [0.1, 0.15) is 6.92 Å². The molecule has 2 aromatic heterocycles. The number of thiazole rings is 1. The second-order valence-corrected chi connectivity index (χ2v) is 5.08. The van der Waals surface area contributed by atoms with E-state index in [2.05, 4.69) is 9.97 Å². The summed E-state index contributed by atoms with van der Waals surface area (Å²) in [5.41, 5.74) is 7.54. The van der Waals surface area contributed by atoms with Gasteiger partial charge in [-0.2, -0.15) is 0 Å². The van der Waals surface area contributed by atoms with Gasteiger partial charge in [-0.15, -0.1) is 11.3 Å². The molecular weight excluding hydrogens is 258 g/mol. The number of pyridine rings is 1. The molecule has 0 radical (unpaired) electrons. The van der Waals surface area contributed by atoms with E-state index in [0.717, 1.165) is 26.5 Å². The number of benzene rings is 1. The van der Waals surface area contributed by atoms with Crippen molar-refractivity contribution in [3.8, 4) is 16.3 Å². The maximum Gasteiger partial charge on any atom is 0.126 e. The van der Waals surface area contributed by atoms with E-state index >= 15 is 0 Å². The number of nitrogen functional groups attached to an aromatic ring is 1. The number of ether oxygens (including phenoxy) is 1. The van der Waals surface area contributed by atoms with E-state index in [4.69, 9.17) is 10.5 Å². The van der Waals surface area contributed by atoms with Crippen LogP contribution in [0, 0.1) is 0 Å². The van der Waals surface area contributed by atoms with Gasteiger partial charge in [-0.1, -0.05) is 0 Å². The summed E-state index contributed by atoms with van der Waals surface area (Å²) in [6.07, 6.45) is 1.75. The van der Waals surface area contributed by atoms with Crippen molar-refractivity contribution in [1.82, 2.24) is 9.97 Å². The SMILES string of the molecule is CCOc1ccc2nc(-c3ccc(N)nc3)sc2c1. The summed E-state index contributed by atoms with van der Waals surface area (Å²) in [4.78, 5) is 8.69. The van der Waals surface area contributed by atoms with Gasteiger partial charge in [-0.05, 0) is 37.3 Å². The van der Waals surface area contributed by atoms with Crippen LogP contribution in [0.25, 0.3) is 20.8 Å². The highest BCUT2D eigenvalue weighted by molar-refractivity contribution is 7.21. The van der Waals surface area contributed by atoms with Crippen LogP contribution in [0.4, 0.5) is 5.82 Å². The molecule has 2 heterocycles. The molecule has 0 unspecified atom stereocenters. The number of aromatic nitrogens is 2. The Labute approximate surface area is 114 Å². The van der Waals surface area contributed by atoms with Crippen molar-refractivity contribution in [2.24, 2.45) is 0 Å². The fraction of sp³-hybridized carbons (Fsp3) is 0.143. The molecule has 0 spiro atoms. The highest BCUT2D eigenvalue weighted by Crippen LogP contribution is 2.32. The minimum absolute atomic E-state index is 0.517. The van der Waals surface area contributed by atoms with Gasteiger partial charge in [0.1, 0.15) is 16.6 Å². The molecule has 96 valence electrons. The molecule has 0 fully saturated rings. The summed E-state index contributed by atoms with van der Waals surface area (Å²) in [7, 11) is 0. The van der Waals surface area contributed by atoms with Crippen LogP contribution in [0.15, 0.2) is 36.5 Å². The van der Waals surface area contributed by atoms with E-state index in [1.807, 2.05) is 31.2 Å². The lowest BCUT2D eigenvalue weighted by Gasteiger charge is -2.00. The van der Waals surface area contributed by atoms with E-state index < -0.39 is 0 Å². The molecule has 19 heavy (non-hydrogen) atoms. The molecule has 0 bridgehead atoms. The lowest BCUT2D eigenvalue weighted by Crippen LogP contribution is -1.89. The minimum atomic E-state index is 0.517. The zero-order valence-corrected chi connectivity index (χ0v) is 11.3. The van der Waals surface area contributed by atoms with Crippen LogP contribution in [-0.4, -0.2) is 16.6 Å². The number of rotatable bonds is 3. The van der Waals surface area contributed by atoms with Crippen LogP contribution in [-0.2, 0) is 0 Å². The van der Waals surface area contributed by atoms with Crippen molar-refractivity contribution in [3.63, 3.8) is 0 Å². The Bertz CT molecular complexity index is 706. The van der Waals surface area contributed by atoms with Crippen molar-refractivity contribution in [2.75, 3.05) is 12.3 Å². The van der Waals surface area contributed by atoms with Gasteiger partial charge >= 0.3 is 0 Å². The van der Waals surface area contributed by atoms with Crippen LogP contribution in [0.5, 0.6) is 5.75 Å². The lowest BCUT2D eigenvalue weighted by atomic mass is 10.3. The molecule has 0 aliphatic heterocycles. The number of hydrogen-bond donors (Lipinski definition) is 1. The Morgan fingerprint density at radius 1 is 1.26 bits per heavy atom. The third-order valence-electron chi connectivity index (χ3n) is 2.70. The largest absolute Gasteiger partial charge is 0.494 e. The highest BCUT2D eigenvalue weighted by atomic mass is 32.1. The van der Waals surface area contributed by atoms with Gasteiger partial charge in [0.2, 0.25) is 0 Å². The second kappa shape index (κ2) is 4.85. The lowest BCUT2D eigenvalue weighted by molar-refractivity contribution is 0.341. The Hall–Kier alpha value is -2.14. The summed E-state index contributed by atoms with van der Waals surface area (Å²) < 4.78 is 6.60. The predicted octanol–water partition coefficient (Wildman–Crippen LogP) is 3.34. The number of nitrogens with zero attached hydrogens (tertiary/aromatic N) is 2. The molecule has 3 aromatic rings. The van der Waals surface area contributed by atoms with Crippen LogP contribution in [0.2, 0.25) is 0 Å². The quantitative estimate of drug-likeness (QED) is 0.793. The van der Waals surface area contributed by atoms with Crippen molar-refractivity contribution < 1.29 is 4.74 Å². The maximum absolute atomic E-state index is 5.59. The molecule has 4 nitrogen and oxygen atoms in total. The molecule has 1 aromatic carbocycles. The molecular formula is C14H13N3OS. The molecule has 0 aliphatic carbocycles. The van der Waals surface area contributed by atoms with Crippen LogP contribution in [0.3, 0.4) is 0 Å². The van der Waals surface area contributed by atoms with Gasteiger partial charge < -0.3 is 10.5 Å². The van der Waals surface area contributed by atoms with Crippen LogP contribution < -0.4 is 10.5 Å². The van der Waals surface area contributed by atoms with Gasteiger partial charge in [-0.25, -0.2) is 9.97 Å². The second-order valence-electron chi connectivity index (χ2n) is 4.05. The standard InChI is InChI=1S/C14H13N3OS/c1-2-18-10-4-5-11-12(7-10)19-14(17-11)9-3-6-13(15)16-8-9/h3-8H,2H2,1H3,(H2,15,16). The van der Waals surface area contributed by atoms with E-state index in [1.165, 1.54) is 0 Å². The van der Waals surface area contributed by atoms with Crippen molar-refractivity contribution in [3.05, 3.63) is 36.5 Å². The molecule has 0 amide bonds. The Morgan fingerprint density at radius 2 is 2.16 bits per heavy atom. The summed E-state index contributed by atoms with van der Waals surface area (Å²) in [6.45, 7) is 2.64. The topological polar surface area (TPSA) is 61.0 Å². The normalized spacial score (nSPS) is 10.8. The average molecular weight is 271 g/mol. The monoisotopic (exact) mass is 271 g/mol. The molecule has 5 heteroatoms. The molecule has 0 aliphatic rings. The number of fused-ring (bicyclic) bond motifs is 1. The van der Waals surface area contributed by atoms with E-state index in [-0.39, 0.29) is 0 Å². The molecule has 3 rings (SSSR count). The first-order valence-corrected chi connectivity index (χ1v) is 6.83. The smallest absolute Gasteiger partial charge is 0.126 e. The van der Waals surface area contributed by atoms with E-state index in [1.54, 1.807) is 23.6 Å². The zero-order valence-electron chi connectivity index (χ0n) is 10.5. The fourth-order valence-corrected chi connectivity index (χ4v) is 2.80. The summed E-state index contributed by atoms with van der Waals surface area (Å²) in [5.74, 6) is 1.39. The van der Waals surface area contributed by atoms with Gasteiger partial charge in [0.05, 0.1) is 16.8 Å². The number of anilines is 1. The van der Waals surface area contributed by atoms with Gasteiger partial charge in [-0.3, -0.25) is 0 Å². The highest BCUT2D eigenvalue weighted by Gasteiger charge is 2.07. The maximum atomic E-state index is 5.59. The van der Waals surface area contributed by atoms with Crippen LogP contribution >= 0.6 is 11.3 Å². The molecule has 0 saturated heterocycles. The zero-order chi connectivity index (χ0) is 13.2. The molecule has 2 N–H and O–H groups in total. The third-order valence-corrected chi connectivity index (χ3v) is 3.77. The van der Waals surface area contributed by atoms with Gasteiger partial charge in [0.25, 0.3) is 0 Å². The summed E-state index contributed by atoms with van der Waals surface area (Å²) in [5, 5.41) is 0.941. The molecule has 0 saturated carbocycles. The first kappa shape index (κ1) is 11.9. The summed E-state index contributed by atoms with van der Waals surface area (Å²) in [6, 6.07) is 9.66. The Kier molecular flexibility index (Phi) is 3.05. The van der Waals surface area contributed by atoms with Crippen molar-refractivity contribution in [1.29, 1.82) is 0 Å². The predicted molar refractivity (Wildman–Crippen MR) is 78.4 cm³/mol. The fourth-order valence-electron chi connectivity index (χ4n) is 1.82. The first-order chi connectivity index (χ1) is 9.26.